The quantitative estimate of drug-likeness (QED) is 0.806. The van der Waals surface area contributed by atoms with Crippen LogP contribution in [0.4, 0.5) is 4.39 Å². The van der Waals surface area contributed by atoms with Crippen LogP contribution in [0.5, 0.6) is 0 Å². The van der Waals surface area contributed by atoms with Gasteiger partial charge in [-0.25, -0.2) is 4.39 Å². The smallest absolute Gasteiger partial charge is 0.123 e. The lowest BCUT2D eigenvalue weighted by Gasteiger charge is -2.17. The van der Waals surface area contributed by atoms with E-state index in [-0.39, 0.29) is 11.9 Å². The molecule has 1 nitrogen and oxygen atoms in total. The molecule has 1 aromatic heterocycles. The van der Waals surface area contributed by atoms with Gasteiger partial charge in [-0.05, 0) is 63.8 Å². The highest BCUT2D eigenvalue weighted by molar-refractivity contribution is 14.1. The first-order valence-electron chi connectivity index (χ1n) is 5.43. The summed E-state index contributed by atoms with van der Waals surface area (Å²) in [6.07, 6.45) is 0. The van der Waals surface area contributed by atoms with Crippen LogP contribution in [-0.4, -0.2) is 6.54 Å². The highest BCUT2D eigenvalue weighted by Crippen LogP contribution is 2.27. The fourth-order valence-electron chi connectivity index (χ4n) is 1.76. The molecule has 2 aromatic rings. The molecule has 1 atom stereocenters. The summed E-state index contributed by atoms with van der Waals surface area (Å²) in [7, 11) is 0. The van der Waals surface area contributed by atoms with Crippen molar-refractivity contribution < 1.29 is 4.39 Å². The minimum atomic E-state index is -0.191. The van der Waals surface area contributed by atoms with Crippen LogP contribution in [0.25, 0.3) is 0 Å². The summed E-state index contributed by atoms with van der Waals surface area (Å²) in [5, 5.41) is 5.58. The van der Waals surface area contributed by atoms with Crippen LogP contribution in [0.2, 0.25) is 0 Å². The molecule has 4 heteroatoms. The molecule has 1 heterocycles. The lowest BCUT2D eigenvalue weighted by molar-refractivity contribution is 0.614. The van der Waals surface area contributed by atoms with Crippen LogP contribution in [0, 0.1) is 8.70 Å². The number of halogens is 2. The van der Waals surface area contributed by atoms with Crippen LogP contribution in [0.3, 0.4) is 0 Å². The summed E-state index contributed by atoms with van der Waals surface area (Å²) in [6.45, 7) is 2.96. The normalized spacial score (nSPS) is 12.6. The van der Waals surface area contributed by atoms with Gasteiger partial charge in [-0.1, -0.05) is 19.1 Å². The summed E-state index contributed by atoms with van der Waals surface area (Å²) in [5.74, 6) is -0.191. The van der Waals surface area contributed by atoms with Crippen molar-refractivity contribution in [2.45, 2.75) is 13.0 Å². The summed E-state index contributed by atoms with van der Waals surface area (Å²) < 4.78 is 14.2. The van der Waals surface area contributed by atoms with Crippen LogP contribution < -0.4 is 5.32 Å². The van der Waals surface area contributed by atoms with E-state index in [1.165, 1.54) is 20.6 Å². The maximum absolute atomic E-state index is 12.9. The third kappa shape index (κ3) is 3.26. The Morgan fingerprint density at radius 3 is 2.53 bits per heavy atom. The molecule has 0 spiro atoms. The van der Waals surface area contributed by atoms with Crippen molar-refractivity contribution in [1.82, 2.24) is 5.32 Å². The van der Waals surface area contributed by atoms with Crippen molar-refractivity contribution in [3.63, 3.8) is 0 Å². The minimum Gasteiger partial charge on any atom is -0.307 e. The second-order valence-electron chi connectivity index (χ2n) is 3.73. The SMILES string of the molecule is CCNC(c1ccc(F)cc1)c1csc(I)c1. The zero-order valence-electron chi connectivity index (χ0n) is 9.41. The van der Waals surface area contributed by atoms with Gasteiger partial charge in [0.1, 0.15) is 5.82 Å². The number of nitrogens with one attached hydrogen (secondary N) is 1. The molecule has 0 aliphatic carbocycles. The van der Waals surface area contributed by atoms with Gasteiger partial charge in [0, 0.05) is 0 Å². The maximum Gasteiger partial charge on any atom is 0.123 e. The number of hydrogen-bond donors (Lipinski definition) is 1. The highest BCUT2D eigenvalue weighted by Gasteiger charge is 2.14. The Bertz CT molecular complexity index is 480. The molecule has 90 valence electrons. The van der Waals surface area contributed by atoms with Crippen molar-refractivity contribution in [2.24, 2.45) is 0 Å². The Morgan fingerprint density at radius 2 is 2.00 bits per heavy atom. The minimum absolute atomic E-state index is 0.153. The van der Waals surface area contributed by atoms with Gasteiger partial charge in [0.05, 0.1) is 8.93 Å². The molecule has 0 amide bonds. The van der Waals surface area contributed by atoms with E-state index >= 15 is 0 Å². The van der Waals surface area contributed by atoms with Crippen LogP contribution in [-0.2, 0) is 0 Å². The first kappa shape index (κ1) is 13.0. The van der Waals surface area contributed by atoms with E-state index in [4.69, 9.17) is 0 Å². The molecule has 17 heavy (non-hydrogen) atoms. The topological polar surface area (TPSA) is 12.0 Å². The third-order valence-electron chi connectivity index (χ3n) is 2.53. The molecule has 1 aromatic carbocycles. The van der Waals surface area contributed by atoms with Gasteiger partial charge in [0.25, 0.3) is 0 Å². The molecule has 0 aliphatic rings. The fraction of sp³-hybridized carbons (Fsp3) is 0.231. The van der Waals surface area contributed by atoms with Gasteiger partial charge in [-0.2, -0.15) is 0 Å². The molecule has 0 radical (unpaired) electrons. The highest BCUT2D eigenvalue weighted by atomic mass is 127. The van der Waals surface area contributed by atoms with Crippen LogP contribution in [0.1, 0.15) is 24.1 Å². The summed E-state index contributed by atoms with van der Waals surface area (Å²) in [4.78, 5) is 0. The van der Waals surface area contributed by atoms with Gasteiger partial charge in [0.15, 0.2) is 0 Å². The van der Waals surface area contributed by atoms with Gasteiger partial charge in [-0.15, -0.1) is 11.3 Å². The maximum atomic E-state index is 12.9. The van der Waals surface area contributed by atoms with Gasteiger partial charge < -0.3 is 5.32 Å². The largest absolute Gasteiger partial charge is 0.307 e. The van der Waals surface area contributed by atoms with E-state index in [1.807, 2.05) is 12.1 Å². The fourth-order valence-corrected chi connectivity index (χ4v) is 3.16. The second kappa shape index (κ2) is 5.93. The zero-order chi connectivity index (χ0) is 12.3. The first-order valence-corrected chi connectivity index (χ1v) is 7.39. The molecule has 1 N–H and O–H groups in total. The Morgan fingerprint density at radius 1 is 1.29 bits per heavy atom. The van der Waals surface area contributed by atoms with E-state index in [9.17, 15) is 4.39 Å². The second-order valence-corrected chi connectivity index (χ2v) is 6.53. The standard InChI is InChI=1S/C13H13FINS/c1-2-16-13(10-7-12(15)17-8-10)9-3-5-11(14)6-4-9/h3-8,13,16H,2H2,1H3. The zero-order valence-corrected chi connectivity index (χ0v) is 12.4. The van der Waals surface area contributed by atoms with E-state index in [1.54, 1.807) is 11.3 Å². The number of rotatable bonds is 4. The van der Waals surface area contributed by atoms with E-state index < -0.39 is 0 Å². The summed E-state index contributed by atoms with van der Waals surface area (Å²) in [6, 6.07) is 9.02. The van der Waals surface area contributed by atoms with Crippen molar-refractivity contribution in [3.8, 4) is 0 Å². The van der Waals surface area contributed by atoms with Crippen molar-refractivity contribution >= 4 is 33.9 Å². The van der Waals surface area contributed by atoms with Gasteiger partial charge >= 0.3 is 0 Å². The number of benzene rings is 1. The van der Waals surface area contributed by atoms with Gasteiger partial charge in [-0.3, -0.25) is 0 Å². The Kier molecular flexibility index (Phi) is 4.53. The monoisotopic (exact) mass is 361 g/mol. The van der Waals surface area contributed by atoms with Gasteiger partial charge in [0.2, 0.25) is 0 Å². The summed E-state index contributed by atoms with van der Waals surface area (Å²) in [5.41, 5.74) is 2.34. The molecule has 0 saturated carbocycles. The molecule has 0 aliphatic heterocycles. The number of hydrogen-bond acceptors (Lipinski definition) is 2. The predicted molar refractivity (Wildman–Crippen MR) is 79.0 cm³/mol. The van der Waals surface area contributed by atoms with Crippen LogP contribution >= 0.6 is 33.9 Å². The lowest BCUT2D eigenvalue weighted by atomic mass is 10.0. The third-order valence-corrected chi connectivity index (χ3v) is 4.34. The van der Waals surface area contributed by atoms with E-state index in [0.717, 1.165) is 12.1 Å². The molecule has 0 fully saturated rings. The van der Waals surface area contributed by atoms with Crippen molar-refractivity contribution in [1.29, 1.82) is 0 Å². The van der Waals surface area contributed by atoms with E-state index in [0.29, 0.717) is 0 Å². The Labute approximate surface area is 118 Å². The van der Waals surface area contributed by atoms with E-state index in [2.05, 4.69) is 46.3 Å². The predicted octanol–water partition coefficient (Wildman–Crippen LogP) is 4.19. The Balaban J connectivity index is 2.31. The average Bonchev–Trinajstić information content (AvgIpc) is 2.74. The lowest BCUT2D eigenvalue weighted by Crippen LogP contribution is -2.21. The molecular weight excluding hydrogens is 348 g/mol. The summed E-state index contributed by atoms with van der Waals surface area (Å²) >= 11 is 4.05. The molecule has 0 saturated heterocycles. The number of thiophene rings is 1. The molecule has 1 unspecified atom stereocenters. The Hall–Kier alpha value is -0.460. The molecule has 0 bridgehead atoms. The first-order chi connectivity index (χ1) is 8.20. The van der Waals surface area contributed by atoms with Crippen molar-refractivity contribution in [2.75, 3.05) is 6.54 Å². The average molecular weight is 361 g/mol. The molecule has 2 rings (SSSR count). The van der Waals surface area contributed by atoms with Crippen molar-refractivity contribution in [3.05, 3.63) is 55.5 Å². The molecular formula is C13H13FINS. The van der Waals surface area contributed by atoms with Crippen LogP contribution in [0.15, 0.2) is 35.7 Å².